The number of likely N-dealkylation sites (tertiary alicyclic amines) is 1. The van der Waals surface area contributed by atoms with Crippen LogP contribution in [0, 0.1) is 17.7 Å². The van der Waals surface area contributed by atoms with Gasteiger partial charge in [0.15, 0.2) is 0 Å². The molecule has 5 heteroatoms. The molecule has 0 radical (unpaired) electrons. The number of nitrogens with zero attached hydrogens (tertiary/aromatic N) is 1. The fraction of sp³-hybridized carbons (Fsp3) is 0.500. The van der Waals surface area contributed by atoms with Crippen LogP contribution in [-0.2, 0) is 16.1 Å². The highest BCUT2D eigenvalue weighted by Crippen LogP contribution is 2.20. The summed E-state index contributed by atoms with van der Waals surface area (Å²) < 4.78 is 13.5. The Bertz CT molecular complexity index is 523. The van der Waals surface area contributed by atoms with Gasteiger partial charge in [-0.2, -0.15) is 0 Å². The molecule has 4 nitrogen and oxygen atoms in total. The van der Waals surface area contributed by atoms with Gasteiger partial charge in [-0.3, -0.25) is 9.59 Å². The molecule has 1 heterocycles. The Morgan fingerprint density at radius 3 is 2.48 bits per heavy atom. The second kappa shape index (κ2) is 6.70. The summed E-state index contributed by atoms with van der Waals surface area (Å²) >= 11 is 0. The monoisotopic (exact) mass is 292 g/mol. The Balaban J connectivity index is 1.91. The van der Waals surface area contributed by atoms with Gasteiger partial charge < -0.3 is 10.2 Å². The Hall–Kier alpha value is -1.91. The molecule has 0 saturated carbocycles. The van der Waals surface area contributed by atoms with E-state index in [4.69, 9.17) is 0 Å². The quantitative estimate of drug-likeness (QED) is 0.847. The third-order valence-electron chi connectivity index (χ3n) is 3.75. The van der Waals surface area contributed by atoms with Crippen LogP contribution < -0.4 is 5.32 Å². The number of hydrogen-bond acceptors (Lipinski definition) is 2. The lowest BCUT2D eigenvalue weighted by atomic mass is 9.92. The molecular formula is C16H21FN2O2. The van der Waals surface area contributed by atoms with Gasteiger partial charge >= 0.3 is 11.8 Å². The first-order valence-corrected chi connectivity index (χ1v) is 7.28. The average Bonchev–Trinajstić information content (AvgIpc) is 2.44. The van der Waals surface area contributed by atoms with Crippen molar-refractivity contribution in [2.24, 2.45) is 11.8 Å². The second-order valence-electron chi connectivity index (χ2n) is 5.93. The lowest BCUT2D eigenvalue weighted by molar-refractivity contribution is -0.147. The number of amides is 2. The number of carbonyl (C=O) groups is 2. The minimum absolute atomic E-state index is 0.0240. The predicted molar refractivity (Wildman–Crippen MR) is 77.8 cm³/mol. The van der Waals surface area contributed by atoms with Crippen LogP contribution >= 0.6 is 0 Å². The van der Waals surface area contributed by atoms with E-state index in [9.17, 15) is 14.0 Å². The number of benzene rings is 1. The summed E-state index contributed by atoms with van der Waals surface area (Å²) in [7, 11) is 0. The molecular weight excluding hydrogens is 271 g/mol. The summed E-state index contributed by atoms with van der Waals surface area (Å²) in [6.45, 7) is 5.39. The van der Waals surface area contributed by atoms with Crippen LogP contribution in [0.25, 0.3) is 0 Å². The Morgan fingerprint density at radius 2 is 1.86 bits per heavy atom. The van der Waals surface area contributed by atoms with Crippen LogP contribution in [-0.4, -0.2) is 29.8 Å². The molecule has 2 unspecified atom stereocenters. The van der Waals surface area contributed by atoms with Gasteiger partial charge in [0.2, 0.25) is 0 Å². The zero-order chi connectivity index (χ0) is 15.4. The molecule has 21 heavy (non-hydrogen) atoms. The largest absolute Gasteiger partial charge is 0.344 e. The zero-order valence-corrected chi connectivity index (χ0v) is 12.4. The molecule has 0 spiro atoms. The van der Waals surface area contributed by atoms with Crippen molar-refractivity contribution in [3.8, 4) is 0 Å². The molecule has 2 rings (SSSR count). The van der Waals surface area contributed by atoms with Crippen molar-refractivity contribution < 1.29 is 14.0 Å². The number of rotatable bonds is 2. The minimum atomic E-state index is -0.667. The van der Waals surface area contributed by atoms with Crippen molar-refractivity contribution in [3.63, 3.8) is 0 Å². The van der Waals surface area contributed by atoms with Crippen molar-refractivity contribution in [3.05, 3.63) is 35.6 Å². The molecule has 1 saturated heterocycles. The van der Waals surface area contributed by atoms with E-state index in [1.54, 1.807) is 23.1 Å². The molecule has 2 amide bonds. The van der Waals surface area contributed by atoms with Gasteiger partial charge in [0.25, 0.3) is 0 Å². The summed E-state index contributed by atoms with van der Waals surface area (Å²) in [5.74, 6) is -0.774. The van der Waals surface area contributed by atoms with Gasteiger partial charge in [-0.1, -0.05) is 32.0 Å². The lowest BCUT2D eigenvalue weighted by Crippen LogP contribution is -2.48. The van der Waals surface area contributed by atoms with Crippen LogP contribution in [0.15, 0.2) is 24.3 Å². The smallest absolute Gasteiger partial charge is 0.311 e. The Labute approximate surface area is 124 Å². The predicted octanol–water partition coefficient (Wildman–Crippen LogP) is 1.95. The van der Waals surface area contributed by atoms with E-state index in [0.717, 1.165) is 6.42 Å². The normalized spacial score (nSPS) is 22.0. The third-order valence-corrected chi connectivity index (χ3v) is 3.75. The highest BCUT2D eigenvalue weighted by Gasteiger charge is 2.29. The molecule has 0 aliphatic carbocycles. The van der Waals surface area contributed by atoms with E-state index in [0.29, 0.717) is 30.5 Å². The van der Waals surface area contributed by atoms with Gasteiger partial charge in [-0.05, 0) is 24.3 Å². The first-order chi connectivity index (χ1) is 9.97. The molecule has 2 atom stereocenters. The van der Waals surface area contributed by atoms with Gasteiger partial charge in [0.1, 0.15) is 5.82 Å². The summed E-state index contributed by atoms with van der Waals surface area (Å²) in [6, 6.07) is 6.20. The van der Waals surface area contributed by atoms with Crippen LogP contribution in [0.2, 0.25) is 0 Å². The maximum atomic E-state index is 13.5. The topological polar surface area (TPSA) is 49.4 Å². The van der Waals surface area contributed by atoms with Crippen LogP contribution in [0.5, 0.6) is 0 Å². The maximum Gasteiger partial charge on any atom is 0.311 e. The van der Waals surface area contributed by atoms with Gasteiger partial charge in [0, 0.05) is 25.2 Å². The fourth-order valence-corrected chi connectivity index (χ4v) is 2.87. The highest BCUT2D eigenvalue weighted by molar-refractivity contribution is 6.35. The van der Waals surface area contributed by atoms with Gasteiger partial charge in [-0.15, -0.1) is 0 Å². The summed E-state index contributed by atoms with van der Waals surface area (Å²) in [6.07, 6.45) is 1.07. The highest BCUT2D eigenvalue weighted by atomic mass is 19.1. The number of halogens is 1. The molecule has 114 valence electrons. The first-order valence-electron chi connectivity index (χ1n) is 7.28. The van der Waals surface area contributed by atoms with Crippen molar-refractivity contribution >= 4 is 11.8 Å². The molecule has 1 aromatic rings. The Morgan fingerprint density at radius 1 is 1.24 bits per heavy atom. The van der Waals surface area contributed by atoms with Crippen LogP contribution in [0.1, 0.15) is 25.8 Å². The van der Waals surface area contributed by atoms with E-state index in [2.05, 4.69) is 19.2 Å². The number of hydrogen-bond donors (Lipinski definition) is 1. The van der Waals surface area contributed by atoms with E-state index in [-0.39, 0.29) is 12.4 Å². The number of piperidine rings is 1. The SMILES string of the molecule is CC1CC(C)CN(C(=O)C(=O)NCc2ccccc2F)C1. The molecule has 1 aromatic carbocycles. The van der Waals surface area contributed by atoms with E-state index < -0.39 is 11.8 Å². The standard InChI is InChI=1S/C16H21FN2O2/c1-11-7-12(2)10-19(9-11)16(21)15(20)18-8-13-5-3-4-6-14(13)17/h3-6,11-12H,7-10H2,1-2H3,(H,18,20). The summed E-state index contributed by atoms with van der Waals surface area (Å²) in [5, 5.41) is 2.50. The van der Waals surface area contributed by atoms with Crippen molar-refractivity contribution in [2.45, 2.75) is 26.8 Å². The molecule has 1 aliphatic heterocycles. The third kappa shape index (κ3) is 4.03. The number of nitrogens with one attached hydrogen (secondary N) is 1. The van der Waals surface area contributed by atoms with E-state index >= 15 is 0 Å². The van der Waals surface area contributed by atoms with Crippen molar-refractivity contribution in [1.82, 2.24) is 10.2 Å². The molecule has 0 bridgehead atoms. The van der Waals surface area contributed by atoms with Gasteiger partial charge in [0.05, 0.1) is 0 Å². The van der Waals surface area contributed by atoms with Gasteiger partial charge in [-0.25, -0.2) is 4.39 Å². The van der Waals surface area contributed by atoms with E-state index in [1.165, 1.54) is 6.07 Å². The second-order valence-corrected chi connectivity index (χ2v) is 5.93. The average molecular weight is 292 g/mol. The maximum absolute atomic E-state index is 13.5. The molecule has 1 N–H and O–H groups in total. The van der Waals surface area contributed by atoms with Crippen molar-refractivity contribution in [2.75, 3.05) is 13.1 Å². The minimum Gasteiger partial charge on any atom is -0.344 e. The summed E-state index contributed by atoms with van der Waals surface area (Å²) in [5.41, 5.74) is 0.374. The zero-order valence-electron chi connectivity index (χ0n) is 12.4. The van der Waals surface area contributed by atoms with Crippen LogP contribution in [0.3, 0.4) is 0 Å². The molecule has 1 aliphatic rings. The summed E-state index contributed by atoms with van der Waals surface area (Å²) in [4.78, 5) is 25.6. The van der Waals surface area contributed by atoms with Crippen molar-refractivity contribution in [1.29, 1.82) is 0 Å². The molecule has 1 fully saturated rings. The van der Waals surface area contributed by atoms with E-state index in [1.807, 2.05) is 0 Å². The fourth-order valence-electron chi connectivity index (χ4n) is 2.87. The number of carbonyl (C=O) groups excluding carboxylic acids is 2. The molecule has 0 aromatic heterocycles. The lowest BCUT2D eigenvalue weighted by Gasteiger charge is -2.34. The first kappa shape index (κ1) is 15.5. The van der Waals surface area contributed by atoms with Crippen LogP contribution in [0.4, 0.5) is 4.39 Å². The Kier molecular flexibility index (Phi) is 4.94.